The summed E-state index contributed by atoms with van der Waals surface area (Å²) in [5.41, 5.74) is 5.32. The maximum Gasteiger partial charge on any atom is 0.262 e. The molecule has 0 aliphatic carbocycles. The van der Waals surface area contributed by atoms with Crippen molar-refractivity contribution < 1.29 is 10.0 Å². The SMILES string of the molecule is NC(CCCCNC(=O)c1sccc1Br)=NO. The molecule has 1 rings (SSSR count). The first kappa shape index (κ1) is 14.0. The molecular formula is C10H14BrN3O2S. The van der Waals surface area contributed by atoms with E-state index in [1.165, 1.54) is 11.3 Å². The molecule has 4 N–H and O–H groups in total. The second kappa shape index (κ2) is 7.29. The van der Waals surface area contributed by atoms with E-state index in [0.717, 1.165) is 17.3 Å². The van der Waals surface area contributed by atoms with Crippen molar-refractivity contribution in [3.05, 3.63) is 20.8 Å². The van der Waals surface area contributed by atoms with E-state index < -0.39 is 0 Å². The van der Waals surface area contributed by atoms with Crippen LogP contribution in [0.1, 0.15) is 28.9 Å². The second-order valence-corrected chi connectivity index (χ2v) is 5.17. The van der Waals surface area contributed by atoms with Crippen molar-refractivity contribution in [2.45, 2.75) is 19.3 Å². The van der Waals surface area contributed by atoms with Crippen LogP contribution < -0.4 is 11.1 Å². The van der Waals surface area contributed by atoms with Crippen molar-refractivity contribution in [3.63, 3.8) is 0 Å². The highest BCUT2D eigenvalue weighted by Crippen LogP contribution is 2.22. The lowest BCUT2D eigenvalue weighted by molar-refractivity contribution is 0.0956. The number of oxime groups is 1. The molecule has 0 saturated heterocycles. The number of carbonyl (C=O) groups is 1. The van der Waals surface area contributed by atoms with Crippen molar-refractivity contribution in [2.75, 3.05) is 6.54 Å². The number of hydrogen-bond donors (Lipinski definition) is 3. The number of nitrogens with zero attached hydrogens (tertiary/aromatic N) is 1. The minimum absolute atomic E-state index is 0.0735. The van der Waals surface area contributed by atoms with Gasteiger partial charge in [0.2, 0.25) is 0 Å². The molecular weight excluding hydrogens is 306 g/mol. The zero-order chi connectivity index (χ0) is 12.7. The summed E-state index contributed by atoms with van der Waals surface area (Å²) >= 11 is 4.71. The van der Waals surface area contributed by atoms with Gasteiger partial charge >= 0.3 is 0 Å². The van der Waals surface area contributed by atoms with Crippen molar-refractivity contribution in [3.8, 4) is 0 Å². The molecule has 0 radical (unpaired) electrons. The lowest BCUT2D eigenvalue weighted by Crippen LogP contribution is -2.24. The highest BCUT2D eigenvalue weighted by molar-refractivity contribution is 9.10. The Morgan fingerprint density at radius 2 is 2.35 bits per heavy atom. The van der Waals surface area contributed by atoms with Gasteiger partial charge in [-0.15, -0.1) is 11.3 Å². The minimum atomic E-state index is -0.0735. The van der Waals surface area contributed by atoms with Crippen LogP contribution in [0, 0.1) is 0 Å². The largest absolute Gasteiger partial charge is 0.409 e. The lowest BCUT2D eigenvalue weighted by Gasteiger charge is -2.03. The molecule has 0 aromatic carbocycles. The van der Waals surface area contributed by atoms with Crippen LogP contribution in [-0.4, -0.2) is 23.5 Å². The topological polar surface area (TPSA) is 87.7 Å². The predicted octanol–water partition coefficient (Wildman–Crippen LogP) is 2.16. The Balaban J connectivity index is 2.20. The molecule has 1 aromatic rings. The molecule has 7 heteroatoms. The van der Waals surface area contributed by atoms with Crippen molar-refractivity contribution in [1.82, 2.24) is 5.32 Å². The summed E-state index contributed by atoms with van der Waals surface area (Å²) in [5.74, 6) is 0.146. The molecule has 17 heavy (non-hydrogen) atoms. The monoisotopic (exact) mass is 319 g/mol. The van der Waals surface area contributed by atoms with Crippen LogP contribution in [0.25, 0.3) is 0 Å². The highest BCUT2D eigenvalue weighted by atomic mass is 79.9. The summed E-state index contributed by atoms with van der Waals surface area (Å²) in [6, 6.07) is 1.85. The second-order valence-electron chi connectivity index (χ2n) is 3.40. The number of carbonyl (C=O) groups excluding carboxylic acids is 1. The van der Waals surface area contributed by atoms with Crippen LogP contribution in [0.3, 0.4) is 0 Å². The highest BCUT2D eigenvalue weighted by Gasteiger charge is 2.10. The Labute approximate surface area is 112 Å². The quantitative estimate of drug-likeness (QED) is 0.247. The minimum Gasteiger partial charge on any atom is -0.409 e. The van der Waals surface area contributed by atoms with E-state index in [4.69, 9.17) is 10.9 Å². The fraction of sp³-hybridized carbons (Fsp3) is 0.400. The van der Waals surface area contributed by atoms with Crippen LogP contribution in [0.4, 0.5) is 0 Å². The number of unbranched alkanes of at least 4 members (excludes halogenated alkanes) is 1. The average Bonchev–Trinajstić information content (AvgIpc) is 2.74. The van der Waals surface area contributed by atoms with Gasteiger partial charge in [0.15, 0.2) is 0 Å². The third kappa shape index (κ3) is 4.74. The van der Waals surface area contributed by atoms with Gasteiger partial charge in [-0.25, -0.2) is 0 Å². The maximum atomic E-state index is 11.7. The van der Waals surface area contributed by atoms with E-state index in [0.29, 0.717) is 17.8 Å². The molecule has 0 bridgehead atoms. The van der Waals surface area contributed by atoms with Gasteiger partial charge in [-0.05, 0) is 40.2 Å². The van der Waals surface area contributed by atoms with Gasteiger partial charge in [-0.3, -0.25) is 4.79 Å². The Morgan fingerprint density at radius 3 is 2.94 bits per heavy atom. The molecule has 0 aliphatic heterocycles. The van der Waals surface area contributed by atoms with E-state index in [1.807, 2.05) is 11.4 Å². The molecule has 1 aromatic heterocycles. The lowest BCUT2D eigenvalue weighted by atomic mass is 10.2. The summed E-state index contributed by atoms with van der Waals surface area (Å²) in [6.07, 6.45) is 2.11. The average molecular weight is 320 g/mol. The van der Waals surface area contributed by atoms with Gasteiger partial charge in [0.25, 0.3) is 5.91 Å². The first-order chi connectivity index (χ1) is 8.15. The molecule has 0 unspecified atom stereocenters. The molecule has 0 spiro atoms. The van der Waals surface area contributed by atoms with Crippen molar-refractivity contribution in [2.24, 2.45) is 10.9 Å². The van der Waals surface area contributed by atoms with E-state index in [2.05, 4.69) is 26.4 Å². The van der Waals surface area contributed by atoms with Gasteiger partial charge in [-0.1, -0.05) is 5.16 Å². The molecule has 0 saturated carbocycles. The molecule has 94 valence electrons. The Hall–Kier alpha value is -1.08. The fourth-order valence-corrected chi connectivity index (χ4v) is 2.69. The number of hydrogen-bond acceptors (Lipinski definition) is 4. The van der Waals surface area contributed by atoms with Crippen LogP contribution in [-0.2, 0) is 0 Å². The fourth-order valence-electron chi connectivity index (χ4n) is 1.22. The first-order valence-electron chi connectivity index (χ1n) is 5.12. The Kier molecular flexibility index (Phi) is 5.99. The van der Waals surface area contributed by atoms with E-state index in [1.54, 1.807) is 0 Å². The standard InChI is InChI=1S/C10H14BrN3O2S/c11-7-4-6-17-9(7)10(15)13-5-2-1-3-8(12)14-16/h4,6,16H,1-3,5H2,(H2,12,14)(H,13,15). The number of rotatable bonds is 6. The van der Waals surface area contributed by atoms with Gasteiger partial charge < -0.3 is 16.3 Å². The van der Waals surface area contributed by atoms with E-state index >= 15 is 0 Å². The third-order valence-electron chi connectivity index (χ3n) is 2.10. The summed E-state index contributed by atoms with van der Waals surface area (Å²) in [6.45, 7) is 0.585. The van der Waals surface area contributed by atoms with Gasteiger partial charge in [0.05, 0.1) is 0 Å². The number of halogens is 1. The van der Waals surface area contributed by atoms with E-state index in [-0.39, 0.29) is 11.7 Å². The summed E-state index contributed by atoms with van der Waals surface area (Å²) in [4.78, 5) is 12.3. The van der Waals surface area contributed by atoms with Gasteiger partial charge in [0, 0.05) is 17.4 Å². The molecule has 5 nitrogen and oxygen atoms in total. The number of nitrogens with one attached hydrogen (secondary N) is 1. The Morgan fingerprint density at radius 1 is 1.59 bits per heavy atom. The van der Waals surface area contributed by atoms with E-state index in [9.17, 15) is 4.79 Å². The number of amidine groups is 1. The molecule has 0 fully saturated rings. The molecule has 1 heterocycles. The van der Waals surface area contributed by atoms with Gasteiger partial charge in [-0.2, -0.15) is 0 Å². The first-order valence-corrected chi connectivity index (χ1v) is 6.80. The molecule has 0 aliphatic rings. The smallest absolute Gasteiger partial charge is 0.262 e. The van der Waals surface area contributed by atoms with Crippen LogP contribution in [0.5, 0.6) is 0 Å². The normalized spacial score (nSPS) is 11.5. The van der Waals surface area contributed by atoms with Gasteiger partial charge in [0.1, 0.15) is 10.7 Å². The Bertz CT molecular complexity index is 406. The summed E-state index contributed by atoms with van der Waals surface area (Å²) in [7, 11) is 0. The maximum absolute atomic E-state index is 11.7. The number of thiophene rings is 1. The predicted molar refractivity (Wildman–Crippen MR) is 71.6 cm³/mol. The summed E-state index contributed by atoms with van der Waals surface area (Å²) in [5, 5.41) is 15.9. The molecule has 1 amide bonds. The van der Waals surface area contributed by atoms with Crippen molar-refractivity contribution >= 4 is 39.0 Å². The van der Waals surface area contributed by atoms with Crippen molar-refractivity contribution in [1.29, 1.82) is 0 Å². The van der Waals surface area contributed by atoms with Crippen LogP contribution in [0.15, 0.2) is 21.1 Å². The summed E-state index contributed by atoms with van der Waals surface area (Å²) < 4.78 is 0.816. The van der Waals surface area contributed by atoms with Crippen LogP contribution >= 0.6 is 27.3 Å². The zero-order valence-electron chi connectivity index (χ0n) is 9.15. The third-order valence-corrected chi connectivity index (χ3v) is 3.93. The number of amides is 1. The number of nitrogens with two attached hydrogens (primary N) is 1. The molecule has 0 atom stereocenters. The zero-order valence-corrected chi connectivity index (χ0v) is 11.6. The van der Waals surface area contributed by atoms with Crippen LogP contribution in [0.2, 0.25) is 0 Å².